The minimum atomic E-state index is -1.29. The molecule has 3 amide bonds. The predicted octanol–water partition coefficient (Wildman–Crippen LogP) is 5.26. The van der Waals surface area contributed by atoms with Crippen LogP contribution in [-0.2, 0) is 14.3 Å². The molecule has 0 aromatic heterocycles. The number of fused-ring (bicyclic) bond motifs is 1. The van der Waals surface area contributed by atoms with E-state index in [-0.39, 0.29) is 6.54 Å². The Morgan fingerprint density at radius 2 is 1.59 bits per heavy atom. The number of benzene rings is 3. The molecule has 0 aliphatic rings. The van der Waals surface area contributed by atoms with Gasteiger partial charge >= 0.3 is 6.09 Å². The third-order valence-corrected chi connectivity index (χ3v) is 6.31. The number of amides is 3. The first-order valence-electron chi connectivity index (χ1n) is 13.2. The van der Waals surface area contributed by atoms with Gasteiger partial charge in [0.15, 0.2) is 0 Å². The van der Waals surface area contributed by atoms with Crippen molar-refractivity contribution in [3.8, 4) is 0 Å². The van der Waals surface area contributed by atoms with Crippen molar-refractivity contribution in [3.63, 3.8) is 0 Å². The number of carbonyl (C=O) groups excluding carboxylic acids is 3. The maximum absolute atomic E-state index is 14.0. The van der Waals surface area contributed by atoms with Gasteiger partial charge in [-0.15, -0.1) is 0 Å². The molecule has 3 aromatic carbocycles. The number of hydrogen-bond acceptors (Lipinski definition) is 5. The molecular weight excluding hydrogens is 494 g/mol. The number of nitrogens with zero attached hydrogens (tertiary/aromatic N) is 1. The molecule has 3 N–H and O–H groups in total. The number of aryl methyl sites for hydroxylation is 2. The van der Waals surface area contributed by atoms with Gasteiger partial charge in [-0.2, -0.15) is 0 Å². The number of carbonyl (C=O) groups is 3. The van der Waals surface area contributed by atoms with Crippen LogP contribution in [0.4, 0.5) is 10.5 Å². The summed E-state index contributed by atoms with van der Waals surface area (Å²) in [6.45, 7) is 10.4. The number of nitrogens with one attached hydrogen (secondary N) is 2. The highest BCUT2D eigenvalue weighted by atomic mass is 16.6. The largest absolute Gasteiger partial charge is 0.444 e. The second kappa shape index (κ2) is 12.8. The Balaban J connectivity index is 2.02. The second-order valence-corrected chi connectivity index (χ2v) is 10.7. The van der Waals surface area contributed by atoms with Crippen LogP contribution in [0.25, 0.3) is 10.8 Å². The van der Waals surface area contributed by atoms with E-state index >= 15 is 0 Å². The highest BCUT2D eigenvalue weighted by molar-refractivity contribution is 6.00. The van der Waals surface area contributed by atoms with E-state index in [0.29, 0.717) is 17.7 Å². The average Bonchev–Trinajstić information content (AvgIpc) is 2.87. The van der Waals surface area contributed by atoms with Gasteiger partial charge in [0.05, 0.1) is 6.61 Å². The lowest BCUT2D eigenvalue weighted by Crippen LogP contribution is -2.54. The minimum Gasteiger partial charge on any atom is -0.444 e. The van der Waals surface area contributed by atoms with E-state index in [0.717, 1.165) is 21.9 Å². The smallest absolute Gasteiger partial charge is 0.408 e. The molecule has 0 bridgehead atoms. The van der Waals surface area contributed by atoms with Crippen LogP contribution in [0.1, 0.15) is 56.8 Å². The number of rotatable bonds is 9. The van der Waals surface area contributed by atoms with Crippen LogP contribution in [0.2, 0.25) is 0 Å². The molecule has 0 aliphatic heterocycles. The van der Waals surface area contributed by atoms with Gasteiger partial charge < -0.3 is 25.4 Å². The van der Waals surface area contributed by atoms with Crippen molar-refractivity contribution in [2.75, 3.05) is 18.5 Å². The van der Waals surface area contributed by atoms with Crippen LogP contribution in [-0.4, -0.2) is 52.7 Å². The Kier molecular flexibility index (Phi) is 9.70. The quantitative estimate of drug-likeness (QED) is 0.348. The normalized spacial score (nSPS) is 12.9. The molecule has 0 heterocycles. The summed E-state index contributed by atoms with van der Waals surface area (Å²) in [5.74, 6) is -0.968. The Labute approximate surface area is 230 Å². The molecule has 0 spiro atoms. The van der Waals surface area contributed by atoms with Crippen LogP contribution in [0.3, 0.4) is 0 Å². The molecule has 0 aliphatic carbocycles. The van der Waals surface area contributed by atoms with Gasteiger partial charge in [-0.25, -0.2) is 4.79 Å². The zero-order valence-corrected chi connectivity index (χ0v) is 23.6. The molecule has 0 radical (unpaired) electrons. The molecule has 2 atom stereocenters. The van der Waals surface area contributed by atoms with Gasteiger partial charge in [0.25, 0.3) is 5.91 Å². The van der Waals surface area contributed by atoms with Crippen molar-refractivity contribution in [2.24, 2.45) is 0 Å². The van der Waals surface area contributed by atoms with E-state index in [1.54, 1.807) is 20.8 Å². The molecule has 2 unspecified atom stereocenters. The fourth-order valence-corrected chi connectivity index (χ4v) is 4.61. The van der Waals surface area contributed by atoms with E-state index in [2.05, 4.69) is 10.6 Å². The molecule has 3 rings (SSSR count). The molecule has 0 fully saturated rings. The first kappa shape index (κ1) is 29.6. The molecule has 208 valence electrons. The van der Waals surface area contributed by atoms with E-state index in [1.807, 2.05) is 81.4 Å². The van der Waals surface area contributed by atoms with Crippen molar-refractivity contribution in [3.05, 3.63) is 77.4 Å². The molecule has 0 saturated carbocycles. The van der Waals surface area contributed by atoms with Crippen molar-refractivity contribution in [1.82, 2.24) is 10.2 Å². The van der Waals surface area contributed by atoms with Gasteiger partial charge in [0.1, 0.15) is 17.7 Å². The Hall–Kier alpha value is -3.91. The van der Waals surface area contributed by atoms with Crippen LogP contribution >= 0.6 is 0 Å². The Morgan fingerprint density at radius 3 is 2.18 bits per heavy atom. The SMILES string of the molecule is CCCN(C(=O)C(CO)NC(=O)OC(C)(C)C)C(C(=O)Nc1ccc2ccccc2c1)c1c(C)cccc1C. The van der Waals surface area contributed by atoms with Gasteiger partial charge in [0.2, 0.25) is 5.91 Å². The number of hydrogen-bond donors (Lipinski definition) is 3. The predicted molar refractivity (Wildman–Crippen MR) is 153 cm³/mol. The lowest BCUT2D eigenvalue weighted by atomic mass is 9.93. The summed E-state index contributed by atoms with van der Waals surface area (Å²) >= 11 is 0. The first-order valence-corrected chi connectivity index (χ1v) is 13.2. The third-order valence-electron chi connectivity index (χ3n) is 6.31. The topological polar surface area (TPSA) is 108 Å². The van der Waals surface area contributed by atoms with Crippen molar-refractivity contribution < 1.29 is 24.2 Å². The van der Waals surface area contributed by atoms with Crippen molar-refractivity contribution in [2.45, 2.75) is 65.6 Å². The Bertz CT molecular complexity index is 1310. The lowest BCUT2D eigenvalue weighted by Gasteiger charge is -2.35. The summed E-state index contributed by atoms with van der Waals surface area (Å²) in [4.78, 5) is 41.7. The van der Waals surface area contributed by atoms with Crippen LogP contribution in [0.15, 0.2) is 60.7 Å². The van der Waals surface area contributed by atoms with Gasteiger partial charge in [-0.05, 0) is 80.6 Å². The fourth-order valence-electron chi connectivity index (χ4n) is 4.61. The molecule has 8 heteroatoms. The summed E-state index contributed by atoms with van der Waals surface area (Å²) in [6.07, 6.45) is -0.267. The number of aliphatic hydroxyl groups is 1. The zero-order valence-electron chi connectivity index (χ0n) is 23.6. The highest BCUT2D eigenvalue weighted by Gasteiger charge is 2.37. The summed E-state index contributed by atoms with van der Waals surface area (Å²) in [6, 6.07) is 16.9. The third kappa shape index (κ3) is 7.57. The van der Waals surface area contributed by atoms with Crippen LogP contribution in [0.5, 0.6) is 0 Å². The summed E-state index contributed by atoms with van der Waals surface area (Å²) in [5.41, 5.74) is 2.22. The molecule has 3 aromatic rings. The van der Waals surface area contributed by atoms with Gasteiger partial charge in [0, 0.05) is 12.2 Å². The summed E-state index contributed by atoms with van der Waals surface area (Å²) in [7, 11) is 0. The monoisotopic (exact) mass is 533 g/mol. The number of aliphatic hydroxyl groups excluding tert-OH is 1. The van der Waals surface area contributed by atoms with Crippen LogP contribution in [0, 0.1) is 13.8 Å². The van der Waals surface area contributed by atoms with E-state index in [4.69, 9.17) is 4.74 Å². The summed E-state index contributed by atoms with van der Waals surface area (Å²) < 4.78 is 5.29. The first-order chi connectivity index (χ1) is 18.4. The van der Waals surface area contributed by atoms with Crippen molar-refractivity contribution >= 4 is 34.4 Å². The van der Waals surface area contributed by atoms with E-state index in [9.17, 15) is 19.5 Å². The minimum absolute atomic E-state index is 0.231. The zero-order chi connectivity index (χ0) is 28.7. The molecule has 39 heavy (non-hydrogen) atoms. The second-order valence-electron chi connectivity index (χ2n) is 10.7. The van der Waals surface area contributed by atoms with E-state index < -0.39 is 42.2 Å². The van der Waals surface area contributed by atoms with E-state index in [1.165, 1.54) is 4.90 Å². The molecular formula is C31H39N3O5. The standard InChI is InChI=1S/C31H39N3O5/c1-7-17-34(29(37)25(19-35)33-30(38)39-31(4,5)6)27(26-20(2)11-10-12-21(26)3)28(36)32-24-16-15-22-13-8-9-14-23(22)18-24/h8-16,18,25,27,35H,7,17,19H2,1-6H3,(H,32,36)(H,33,38). The maximum atomic E-state index is 14.0. The van der Waals surface area contributed by atoms with Gasteiger partial charge in [-0.3, -0.25) is 9.59 Å². The van der Waals surface area contributed by atoms with Crippen LogP contribution < -0.4 is 10.6 Å². The van der Waals surface area contributed by atoms with Crippen molar-refractivity contribution in [1.29, 1.82) is 0 Å². The molecule has 8 nitrogen and oxygen atoms in total. The number of alkyl carbamates (subject to hydrolysis) is 1. The Morgan fingerprint density at radius 1 is 0.949 bits per heavy atom. The number of anilines is 1. The maximum Gasteiger partial charge on any atom is 0.408 e. The average molecular weight is 534 g/mol. The highest BCUT2D eigenvalue weighted by Crippen LogP contribution is 2.30. The lowest BCUT2D eigenvalue weighted by molar-refractivity contribution is -0.141. The fraction of sp³-hybridized carbons (Fsp3) is 0.387. The molecule has 0 saturated heterocycles. The number of ether oxygens (including phenoxy) is 1. The summed E-state index contributed by atoms with van der Waals surface area (Å²) in [5, 5.41) is 17.6. The van der Waals surface area contributed by atoms with Gasteiger partial charge in [-0.1, -0.05) is 55.5 Å².